The Kier molecular flexibility index (Phi) is 6.04. The first-order chi connectivity index (χ1) is 13.0. The van der Waals surface area contributed by atoms with Crippen LogP contribution in [0.15, 0.2) is 35.5 Å². The lowest BCUT2D eigenvalue weighted by molar-refractivity contribution is 0.499. The lowest BCUT2D eigenvalue weighted by Gasteiger charge is -2.24. The van der Waals surface area contributed by atoms with E-state index in [0.29, 0.717) is 12.1 Å². The topological polar surface area (TPSA) is 57.5 Å². The van der Waals surface area contributed by atoms with E-state index >= 15 is 0 Å². The maximum absolute atomic E-state index is 4.77. The summed E-state index contributed by atoms with van der Waals surface area (Å²) in [5.41, 5.74) is 5.07. The minimum absolute atomic E-state index is 0.368. The van der Waals surface area contributed by atoms with Crippen molar-refractivity contribution in [3.05, 3.63) is 47.3 Å². The average Bonchev–Trinajstić information content (AvgIpc) is 3.09. The monoisotopic (exact) mass is 368 g/mol. The van der Waals surface area contributed by atoms with Gasteiger partial charge in [-0.15, -0.1) is 0 Å². The van der Waals surface area contributed by atoms with Crippen LogP contribution in [0.2, 0.25) is 0 Å². The SMILES string of the molecule is CN=C(NCc1cccc(N(C)C)c1)NC1CCc2cn(C(C)C)nc2C1. The third kappa shape index (κ3) is 4.81. The van der Waals surface area contributed by atoms with Crippen LogP contribution in [0.3, 0.4) is 0 Å². The summed E-state index contributed by atoms with van der Waals surface area (Å²) in [4.78, 5) is 6.52. The molecular weight excluding hydrogens is 336 g/mol. The maximum Gasteiger partial charge on any atom is 0.191 e. The van der Waals surface area contributed by atoms with Crippen molar-refractivity contribution >= 4 is 11.6 Å². The van der Waals surface area contributed by atoms with Crippen molar-refractivity contribution in [1.82, 2.24) is 20.4 Å². The van der Waals surface area contributed by atoms with Gasteiger partial charge in [-0.25, -0.2) is 0 Å². The number of aromatic nitrogens is 2. The molecule has 1 heterocycles. The third-order valence-electron chi connectivity index (χ3n) is 5.08. The molecule has 0 bridgehead atoms. The molecule has 0 spiro atoms. The van der Waals surface area contributed by atoms with E-state index in [1.807, 2.05) is 7.05 Å². The van der Waals surface area contributed by atoms with Crippen LogP contribution in [-0.4, -0.2) is 42.9 Å². The first-order valence-corrected chi connectivity index (χ1v) is 9.76. The van der Waals surface area contributed by atoms with E-state index < -0.39 is 0 Å². The van der Waals surface area contributed by atoms with Crippen LogP contribution < -0.4 is 15.5 Å². The van der Waals surface area contributed by atoms with Crippen LogP contribution in [-0.2, 0) is 19.4 Å². The first-order valence-electron chi connectivity index (χ1n) is 9.76. The van der Waals surface area contributed by atoms with E-state index in [9.17, 15) is 0 Å². The second kappa shape index (κ2) is 8.46. The third-order valence-corrected chi connectivity index (χ3v) is 5.08. The Morgan fingerprint density at radius 2 is 2.19 bits per heavy atom. The van der Waals surface area contributed by atoms with Gasteiger partial charge in [-0.3, -0.25) is 9.67 Å². The predicted molar refractivity (Wildman–Crippen MR) is 113 cm³/mol. The molecule has 146 valence electrons. The normalized spacial score (nSPS) is 17.0. The summed E-state index contributed by atoms with van der Waals surface area (Å²) in [7, 11) is 5.95. The number of benzene rings is 1. The fraction of sp³-hybridized carbons (Fsp3) is 0.524. The van der Waals surface area contributed by atoms with E-state index in [2.05, 4.69) is 83.6 Å². The standard InChI is InChI=1S/C21H32N6/c1-15(2)27-14-17-9-10-18(12-20(17)25-27)24-21(22-3)23-13-16-7-6-8-19(11-16)26(4)5/h6-8,11,14-15,18H,9-10,12-13H2,1-5H3,(H2,22,23,24). The fourth-order valence-corrected chi connectivity index (χ4v) is 3.42. The van der Waals surface area contributed by atoms with Gasteiger partial charge in [-0.1, -0.05) is 12.1 Å². The van der Waals surface area contributed by atoms with E-state index in [1.165, 1.54) is 22.5 Å². The van der Waals surface area contributed by atoms with Crippen LogP contribution in [0.1, 0.15) is 43.1 Å². The molecule has 0 aliphatic heterocycles. The van der Waals surface area contributed by atoms with Crippen molar-refractivity contribution in [2.24, 2.45) is 4.99 Å². The van der Waals surface area contributed by atoms with Crippen LogP contribution in [0, 0.1) is 0 Å². The van der Waals surface area contributed by atoms with Gasteiger partial charge in [0, 0.05) is 58.1 Å². The second-order valence-electron chi connectivity index (χ2n) is 7.75. The lowest BCUT2D eigenvalue weighted by Crippen LogP contribution is -2.45. The second-order valence-corrected chi connectivity index (χ2v) is 7.75. The van der Waals surface area contributed by atoms with Crippen molar-refractivity contribution < 1.29 is 0 Å². The minimum atomic E-state index is 0.368. The molecule has 0 radical (unpaired) electrons. The van der Waals surface area contributed by atoms with Crippen molar-refractivity contribution in [3.63, 3.8) is 0 Å². The van der Waals surface area contributed by atoms with Crippen LogP contribution >= 0.6 is 0 Å². The smallest absolute Gasteiger partial charge is 0.191 e. The van der Waals surface area contributed by atoms with Crippen molar-refractivity contribution in [1.29, 1.82) is 0 Å². The van der Waals surface area contributed by atoms with Gasteiger partial charge in [0.15, 0.2) is 5.96 Å². The number of aryl methyl sites for hydroxylation is 1. The summed E-state index contributed by atoms with van der Waals surface area (Å²) in [6, 6.07) is 9.33. The van der Waals surface area contributed by atoms with E-state index in [1.54, 1.807) is 0 Å². The highest BCUT2D eigenvalue weighted by Gasteiger charge is 2.22. The number of aliphatic imine (C=N–C) groups is 1. The molecule has 1 unspecified atom stereocenters. The van der Waals surface area contributed by atoms with E-state index in [4.69, 9.17) is 5.10 Å². The molecule has 1 atom stereocenters. The largest absolute Gasteiger partial charge is 0.378 e. The number of guanidine groups is 1. The Morgan fingerprint density at radius 3 is 2.89 bits per heavy atom. The summed E-state index contributed by atoms with van der Waals surface area (Å²) in [5, 5.41) is 11.8. The van der Waals surface area contributed by atoms with Gasteiger partial charge in [0.05, 0.1) is 5.69 Å². The van der Waals surface area contributed by atoms with E-state index in [0.717, 1.165) is 31.8 Å². The molecule has 2 aromatic rings. The van der Waals surface area contributed by atoms with Gasteiger partial charge in [-0.05, 0) is 49.9 Å². The molecule has 27 heavy (non-hydrogen) atoms. The number of nitrogens with one attached hydrogen (secondary N) is 2. The molecule has 0 amide bonds. The predicted octanol–water partition coefficient (Wildman–Crippen LogP) is 2.75. The van der Waals surface area contributed by atoms with Crippen molar-refractivity contribution in [2.45, 2.75) is 51.7 Å². The quantitative estimate of drug-likeness (QED) is 0.629. The molecule has 3 rings (SSSR count). The summed E-state index contributed by atoms with van der Waals surface area (Å²) in [6.45, 7) is 5.10. The Labute approximate surface area is 162 Å². The minimum Gasteiger partial charge on any atom is -0.378 e. The maximum atomic E-state index is 4.77. The number of hydrogen-bond donors (Lipinski definition) is 2. The summed E-state index contributed by atoms with van der Waals surface area (Å²) < 4.78 is 2.08. The summed E-state index contributed by atoms with van der Waals surface area (Å²) in [6.07, 6.45) is 5.34. The van der Waals surface area contributed by atoms with Gasteiger partial charge in [-0.2, -0.15) is 5.10 Å². The van der Waals surface area contributed by atoms with Gasteiger partial charge >= 0.3 is 0 Å². The summed E-state index contributed by atoms with van der Waals surface area (Å²) >= 11 is 0. The molecule has 0 fully saturated rings. The molecule has 0 saturated heterocycles. The molecule has 6 heteroatoms. The number of fused-ring (bicyclic) bond motifs is 1. The first kappa shape index (κ1) is 19.3. The fourth-order valence-electron chi connectivity index (χ4n) is 3.42. The van der Waals surface area contributed by atoms with Crippen molar-refractivity contribution in [2.75, 3.05) is 26.0 Å². The highest BCUT2D eigenvalue weighted by molar-refractivity contribution is 5.80. The Balaban J connectivity index is 1.57. The Bertz CT molecular complexity index is 790. The highest BCUT2D eigenvalue weighted by atomic mass is 15.3. The average molecular weight is 369 g/mol. The highest BCUT2D eigenvalue weighted by Crippen LogP contribution is 2.21. The number of hydrogen-bond acceptors (Lipinski definition) is 3. The zero-order chi connectivity index (χ0) is 19.4. The number of nitrogens with zero attached hydrogens (tertiary/aromatic N) is 4. The van der Waals surface area contributed by atoms with Gasteiger partial charge in [0.1, 0.15) is 0 Å². The van der Waals surface area contributed by atoms with Gasteiger partial charge < -0.3 is 15.5 Å². The molecule has 1 aliphatic rings. The molecular formula is C21H32N6. The molecule has 1 aromatic carbocycles. The van der Waals surface area contributed by atoms with E-state index in [-0.39, 0.29) is 0 Å². The van der Waals surface area contributed by atoms with Crippen LogP contribution in [0.25, 0.3) is 0 Å². The lowest BCUT2D eigenvalue weighted by atomic mass is 9.94. The Hall–Kier alpha value is -2.50. The van der Waals surface area contributed by atoms with Gasteiger partial charge in [0.25, 0.3) is 0 Å². The molecule has 2 N–H and O–H groups in total. The molecule has 6 nitrogen and oxygen atoms in total. The number of anilines is 1. The van der Waals surface area contributed by atoms with Crippen LogP contribution in [0.4, 0.5) is 5.69 Å². The zero-order valence-corrected chi connectivity index (χ0v) is 17.2. The van der Waals surface area contributed by atoms with Gasteiger partial charge in [0.2, 0.25) is 0 Å². The molecule has 0 saturated carbocycles. The molecule has 1 aliphatic carbocycles. The number of rotatable bonds is 5. The zero-order valence-electron chi connectivity index (χ0n) is 17.2. The van der Waals surface area contributed by atoms with Crippen LogP contribution in [0.5, 0.6) is 0 Å². The summed E-state index contributed by atoms with van der Waals surface area (Å²) in [5.74, 6) is 0.849. The Morgan fingerprint density at radius 1 is 1.37 bits per heavy atom. The molecule has 1 aromatic heterocycles. The van der Waals surface area contributed by atoms with Crippen molar-refractivity contribution in [3.8, 4) is 0 Å².